The number of ether oxygens (including phenoxy) is 1. The van der Waals surface area contributed by atoms with Crippen LogP contribution in [-0.2, 0) is 14.3 Å². The normalized spacial score (nSPS) is 14.0. The van der Waals surface area contributed by atoms with Gasteiger partial charge in [-0.25, -0.2) is 0 Å². The number of carboxylic acids is 1. The highest BCUT2D eigenvalue weighted by Gasteiger charge is 2.34. The third-order valence-corrected chi connectivity index (χ3v) is 5.86. The summed E-state index contributed by atoms with van der Waals surface area (Å²) in [6.07, 6.45) is -0.422. The van der Waals surface area contributed by atoms with Crippen molar-refractivity contribution in [1.29, 1.82) is 5.26 Å². The summed E-state index contributed by atoms with van der Waals surface area (Å²) in [7, 11) is 0. The zero-order valence-electron chi connectivity index (χ0n) is 17.3. The number of benzene rings is 3. The number of carbonyl (C=O) groups excluding carboxylic acids is 1. The van der Waals surface area contributed by atoms with E-state index in [4.69, 9.17) is 10.5 Å². The maximum atomic E-state index is 13.2. The van der Waals surface area contributed by atoms with Gasteiger partial charge in [-0.3, -0.25) is 9.59 Å². The van der Waals surface area contributed by atoms with E-state index in [1.165, 1.54) is 0 Å². The minimum absolute atomic E-state index is 0.0951. The molecule has 0 bridgehead atoms. The molecule has 6 heteroatoms. The number of carboxylic acid groups (broad SMARTS) is 1. The van der Waals surface area contributed by atoms with Crippen molar-refractivity contribution in [3.05, 3.63) is 95.1 Å². The highest BCUT2D eigenvalue weighted by Crippen LogP contribution is 2.44. The molecule has 0 saturated carbocycles. The van der Waals surface area contributed by atoms with Crippen LogP contribution in [0.15, 0.2) is 72.8 Å². The lowest BCUT2D eigenvalue weighted by molar-refractivity contribution is -0.146. The highest BCUT2D eigenvalue weighted by atomic mass is 16.5. The molecule has 0 saturated heterocycles. The summed E-state index contributed by atoms with van der Waals surface area (Å²) in [6, 6.07) is 23.6. The molecule has 0 amide bonds. The lowest BCUT2D eigenvalue weighted by atomic mass is 9.87. The fourth-order valence-corrected chi connectivity index (χ4v) is 4.42. The van der Waals surface area contributed by atoms with Crippen molar-refractivity contribution in [2.75, 3.05) is 6.61 Å². The van der Waals surface area contributed by atoms with E-state index < -0.39 is 30.3 Å². The van der Waals surface area contributed by atoms with Gasteiger partial charge in [-0.1, -0.05) is 66.7 Å². The number of aliphatic carboxylic acids is 1. The standard InChI is InChI=1S/C26H22N2O4/c27-14-16-7-1-2-8-17(16)25(23(28)13-24(29)30)26(31)32-15-22-20-11-5-3-9-18(20)19-10-4-6-12-21(19)22/h1-12,22-23,25H,13,15,28H2,(H,29,30)/t23-,25?/m0/s1. The van der Waals surface area contributed by atoms with Gasteiger partial charge >= 0.3 is 11.9 Å². The van der Waals surface area contributed by atoms with Crippen molar-refractivity contribution in [2.45, 2.75) is 24.3 Å². The van der Waals surface area contributed by atoms with E-state index in [0.29, 0.717) is 5.56 Å². The maximum absolute atomic E-state index is 13.2. The Kier molecular flexibility index (Phi) is 6.02. The van der Waals surface area contributed by atoms with Crippen LogP contribution in [0.2, 0.25) is 0 Å². The molecule has 0 spiro atoms. The highest BCUT2D eigenvalue weighted by molar-refractivity contribution is 5.82. The van der Waals surface area contributed by atoms with Gasteiger partial charge in [-0.05, 0) is 33.9 Å². The smallest absolute Gasteiger partial charge is 0.315 e. The molecular weight excluding hydrogens is 404 g/mol. The van der Waals surface area contributed by atoms with Crippen molar-refractivity contribution in [3.8, 4) is 17.2 Å². The molecule has 1 aliphatic rings. The van der Waals surface area contributed by atoms with Crippen molar-refractivity contribution < 1.29 is 19.4 Å². The van der Waals surface area contributed by atoms with Crippen LogP contribution < -0.4 is 5.73 Å². The van der Waals surface area contributed by atoms with Crippen LogP contribution in [-0.4, -0.2) is 29.7 Å². The number of hydrogen-bond acceptors (Lipinski definition) is 5. The number of nitriles is 1. The molecule has 3 N–H and O–H groups in total. The second kappa shape index (κ2) is 9.04. The van der Waals surface area contributed by atoms with Crippen molar-refractivity contribution >= 4 is 11.9 Å². The fourth-order valence-electron chi connectivity index (χ4n) is 4.42. The monoisotopic (exact) mass is 426 g/mol. The quantitative estimate of drug-likeness (QED) is 0.556. The van der Waals surface area contributed by atoms with E-state index in [2.05, 4.69) is 6.07 Å². The Morgan fingerprint density at radius 3 is 2.12 bits per heavy atom. The molecule has 0 aliphatic heterocycles. The van der Waals surface area contributed by atoms with Crippen molar-refractivity contribution in [2.24, 2.45) is 5.73 Å². The number of rotatable bonds is 7. The van der Waals surface area contributed by atoms with Crippen LogP contribution >= 0.6 is 0 Å². The number of carbonyl (C=O) groups is 2. The van der Waals surface area contributed by atoms with Crippen molar-refractivity contribution in [1.82, 2.24) is 0 Å². The van der Waals surface area contributed by atoms with E-state index in [9.17, 15) is 20.0 Å². The van der Waals surface area contributed by atoms with Crippen LogP contribution in [0.5, 0.6) is 0 Å². The number of esters is 1. The van der Waals surface area contributed by atoms with Crippen LogP contribution in [0, 0.1) is 11.3 Å². The summed E-state index contributed by atoms with van der Waals surface area (Å²) in [4.78, 5) is 24.5. The minimum Gasteiger partial charge on any atom is -0.481 e. The Balaban J connectivity index is 1.62. The zero-order chi connectivity index (χ0) is 22.7. The molecule has 32 heavy (non-hydrogen) atoms. The molecule has 0 aromatic heterocycles. The summed E-state index contributed by atoms with van der Waals surface area (Å²) in [5.74, 6) is -2.95. The average Bonchev–Trinajstić information content (AvgIpc) is 3.11. The summed E-state index contributed by atoms with van der Waals surface area (Å²) >= 11 is 0. The number of nitrogens with zero attached hydrogens (tertiary/aromatic N) is 1. The molecule has 4 rings (SSSR count). The largest absolute Gasteiger partial charge is 0.481 e. The summed E-state index contributed by atoms with van der Waals surface area (Å²) in [5, 5.41) is 18.7. The predicted octanol–water partition coefficient (Wildman–Crippen LogP) is 3.80. The summed E-state index contributed by atoms with van der Waals surface area (Å²) < 4.78 is 5.74. The molecular formula is C26H22N2O4. The Bertz CT molecular complexity index is 1170. The molecule has 0 radical (unpaired) electrons. The SMILES string of the molecule is N#Cc1ccccc1C(C(=O)OCC1c2ccccc2-c2ccccc21)[C@@H](N)CC(=O)O. The van der Waals surface area contributed by atoms with Gasteiger partial charge in [0, 0.05) is 12.0 Å². The van der Waals surface area contributed by atoms with Crippen LogP contribution in [0.4, 0.5) is 0 Å². The van der Waals surface area contributed by atoms with Gasteiger partial charge in [0.05, 0.1) is 24.0 Å². The lowest BCUT2D eigenvalue weighted by Gasteiger charge is -2.24. The zero-order valence-corrected chi connectivity index (χ0v) is 17.3. The Hall–Kier alpha value is -3.95. The summed E-state index contributed by atoms with van der Waals surface area (Å²) in [6.45, 7) is 0.0951. The summed E-state index contributed by atoms with van der Waals surface area (Å²) in [5.41, 5.74) is 11.1. The van der Waals surface area contributed by atoms with Gasteiger partial charge in [0.25, 0.3) is 0 Å². The number of nitrogens with two attached hydrogens (primary N) is 1. The van der Waals surface area contributed by atoms with Gasteiger partial charge in [0.2, 0.25) is 0 Å². The molecule has 2 atom stereocenters. The Morgan fingerprint density at radius 2 is 1.53 bits per heavy atom. The first-order valence-corrected chi connectivity index (χ1v) is 10.3. The molecule has 1 aliphatic carbocycles. The molecule has 1 unspecified atom stereocenters. The van der Waals surface area contributed by atoms with Gasteiger partial charge in [0.15, 0.2) is 0 Å². The fraction of sp³-hybridized carbons (Fsp3) is 0.192. The van der Waals surface area contributed by atoms with E-state index in [0.717, 1.165) is 22.3 Å². The third-order valence-electron chi connectivity index (χ3n) is 5.86. The molecule has 160 valence electrons. The van der Waals surface area contributed by atoms with E-state index in [-0.39, 0.29) is 18.1 Å². The first-order chi connectivity index (χ1) is 15.5. The van der Waals surface area contributed by atoms with E-state index in [1.54, 1.807) is 24.3 Å². The van der Waals surface area contributed by atoms with Gasteiger partial charge in [-0.2, -0.15) is 5.26 Å². The second-order valence-electron chi connectivity index (χ2n) is 7.80. The van der Waals surface area contributed by atoms with E-state index >= 15 is 0 Å². The van der Waals surface area contributed by atoms with Gasteiger partial charge in [-0.15, -0.1) is 0 Å². The molecule has 0 fully saturated rings. The average molecular weight is 426 g/mol. The molecule has 0 heterocycles. The Morgan fingerprint density at radius 1 is 0.969 bits per heavy atom. The van der Waals surface area contributed by atoms with E-state index in [1.807, 2.05) is 48.5 Å². The van der Waals surface area contributed by atoms with Gasteiger partial charge < -0.3 is 15.6 Å². The number of fused-ring (bicyclic) bond motifs is 3. The first-order valence-electron chi connectivity index (χ1n) is 10.3. The second-order valence-corrected chi connectivity index (χ2v) is 7.80. The Labute approximate surface area is 185 Å². The third kappa shape index (κ3) is 3.98. The maximum Gasteiger partial charge on any atom is 0.315 e. The number of hydrogen-bond donors (Lipinski definition) is 2. The lowest BCUT2D eigenvalue weighted by Crippen LogP contribution is -2.37. The van der Waals surface area contributed by atoms with Crippen LogP contribution in [0.25, 0.3) is 11.1 Å². The van der Waals surface area contributed by atoms with Crippen molar-refractivity contribution in [3.63, 3.8) is 0 Å². The molecule has 3 aromatic rings. The predicted molar refractivity (Wildman–Crippen MR) is 119 cm³/mol. The van der Waals surface area contributed by atoms with Gasteiger partial charge in [0.1, 0.15) is 6.61 Å². The molecule has 3 aromatic carbocycles. The first kappa shape index (κ1) is 21.3. The van der Waals surface area contributed by atoms with Crippen LogP contribution in [0.1, 0.15) is 40.5 Å². The molecule has 6 nitrogen and oxygen atoms in total. The topological polar surface area (TPSA) is 113 Å². The minimum atomic E-state index is -1.12. The van der Waals surface area contributed by atoms with Crippen LogP contribution in [0.3, 0.4) is 0 Å².